The molecule has 1 amide bonds. The molecule has 2 atom stereocenters. The highest BCUT2D eigenvalue weighted by Gasteiger charge is 2.20. The predicted octanol–water partition coefficient (Wildman–Crippen LogP) is 4.91. The lowest BCUT2D eigenvalue weighted by Crippen LogP contribution is -2.38. The molecule has 2 aromatic carbocycles. The van der Waals surface area contributed by atoms with Gasteiger partial charge in [0.2, 0.25) is 0 Å². The molecule has 0 bridgehead atoms. The molecule has 26 heavy (non-hydrogen) atoms. The van der Waals surface area contributed by atoms with Gasteiger partial charge in [-0.15, -0.1) is 0 Å². The Morgan fingerprint density at radius 2 is 1.77 bits per heavy atom. The van der Waals surface area contributed by atoms with Crippen LogP contribution >= 0.6 is 0 Å². The molecule has 3 heteroatoms. The molecule has 0 aromatic heterocycles. The summed E-state index contributed by atoms with van der Waals surface area (Å²) in [7, 11) is 0. The summed E-state index contributed by atoms with van der Waals surface area (Å²) in [4.78, 5) is 12.6. The standard InChI is InChI=1S/C23H29NO2/c1-4-22(19-11-9-16(2)10-12-19)24-23(25)17(3)26-21-14-13-18-7-5-6-8-20(18)15-21/h9-15,17,22H,4-8H2,1-3H3,(H,24,25)/t17-,22-/m0/s1. The van der Waals surface area contributed by atoms with Gasteiger partial charge in [0.15, 0.2) is 6.10 Å². The Morgan fingerprint density at radius 3 is 2.46 bits per heavy atom. The zero-order chi connectivity index (χ0) is 18.5. The van der Waals surface area contributed by atoms with E-state index in [2.05, 4.69) is 55.6 Å². The van der Waals surface area contributed by atoms with Gasteiger partial charge >= 0.3 is 0 Å². The second-order valence-electron chi connectivity index (χ2n) is 7.28. The Labute approximate surface area is 156 Å². The zero-order valence-electron chi connectivity index (χ0n) is 16.0. The fourth-order valence-corrected chi connectivity index (χ4v) is 3.55. The molecule has 0 heterocycles. The van der Waals surface area contributed by atoms with E-state index in [0.29, 0.717) is 0 Å². The number of hydrogen-bond donors (Lipinski definition) is 1. The highest BCUT2D eigenvalue weighted by atomic mass is 16.5. The maximum Gasteiger partial charge on any atom is 0.261 e. The van der Waals surface area contributed by atoms with Crippen LogP contribution < -0.4 is 10.1 Å². The average Bonchev–Trinajstić information content (AvgIpc) is 2.66. The highest BCUT2D eigenvalue weighted by molar-refractivity contribution is 5.81. The van der Waals surface area contributed by atoms with Gasteiger partial charge in [0, 0.05) is 0 Å². The van der Waals surface area contributed by atoms with E-state index in [1.165, 1.54) is 29.5 Å². The first kappa shape index (κ1) is 18.5. The van der Waals surface area contributed by atoms with E-state index >= 15 is 0 Å². The van der Waals surface area contributed by atoms with Crippen molar-refractivity contribution in [1.29, 1.82) is 0 Å². The van der Waals surface area contributed by atoms with Crippen molar-refractivity contribution in [3.63, 3.8) is 0 Å². The Morgan fingerprint density at radius 1 is 1.08 bits per heavy atom. The van der Waals surface area contributed by atoms with Gasteiger partial charge in [0.25, 0.3) is 5.91 Å². The fraction of sp³-hybridized carbons (Fsp3) is 0.435. The third-order valence-electron chi connectivity index (χ3n) is 5.21. The van der Waals surface area contributed by atoms with Crippen LogP contribution in [-0.2, 0) is 17.6 Å². The first-order valence-corrected chi connectivity index (χ1v) is 9.72. The van der Waals surface area contributed by atoms with Crippen LogP contribution in [-0.4, -0.2) is 12.0 Å². The Kier molecular flexibility index (Phi) is 5.97. The number of amides is 1. The van der Waals surface area contributed by atoms with Crippen molar-refractivity contribution in [2.45, 2.75) is 65.0 Å². The van der Waals surface area contributed by atoms with E-state index < -0.39 is 6.10 Å². The van der Waals surface area contributed by atoms with E-state index in [4.69, 9.17) is 4.74 Å². The quantitative estimate of drug-likeness (QED) is 0.803. The summed E-state index contributed by atoms with van der Waals surface area (Å²) in [5.41, 5.74) is 5.14. The van der Waals surface area contributed by atoms with Crippen molar-refractivity contribution >= 4 is 5.91 Å². The van der Waals surface area contributed by atoms with Gasteiger partial charge in [-0.05, 0) is 74.8 Å². The third-order valence-corrected chi connectivity index (χ3v) is 5.21. The lowest BCUT2D eigenvalue weighted by Gasteiger charge is -2.22. The van der Waals surface area contributed by atoms with Crippen molar-refractivity contribution in [2.75, 3.05) is 0 Å². The van der Waals surface area contributed by atoms with Crippen LogP contribution in [0.25, 0.3) is 0 Å². The smallest absolute Gasteiger partial charge is 0.261 e. The lowest BCUT2D eigenvalue weighted by molar-refractivity contribution is -0.128. The summed E-state index contributed by atoms with van der Waals surface area (Å²) < 4.78 is 5.93. The van der Waals surface area contributed by atoms with Crippen LogP contribution in [0.3, 0.4) is 0 Å². The number of nitrogens with one attached hydrogen (secondary N) is 1. The Bertz CT molecular complexity index is 751. The van der Waals surface area contributed by atoms with Crippen LogP contribution in [0.2, 0.25) is 0 Å². The van der Waals surface area contributed by atoms with Gasteiger partial charge in [-0.1, -0.05) is 42.8 Å². The third kappa shape index (κ3) is 4.46. The summed E-state index contributed by atoms with van der Waals surface area (Å²) in [6, 6.07) is 14.6. The van der Waals surface area contributed by atoms with Crippen LogP contribution in [0.4, 0.5) is 0 Å². The molecular weight excluding hydrogens is 322 g/mol. The van der Waals surface area contributed by atoms with E-state index in [1.807, 2.05) is 13.0 Å². The number of benzene rings is 2. The highest BCUT2D eigenvalue weighted by Crippen LogP contribution is 2.26. The number of ether oxygens (including phenoxy) is 1. The molecule has 0 spiro atoms. The number of rotatable bonds is 6. The maximum atomic E-state index is 12.6. The first-order chi connectivity index (χ1) is 12.6. The molecule has 1 N–H and O–H groups in total. The molecule has 0 radical (unpaired) electrons. The topological polar surface area (TPSA) is 38.3 Å². The largest absolute Gasteiger partial charge is 0.481 e. The minimum atomic E-state index is -0.517. The molecule has 1 aliphatic carbocycles. The monoisotopic (exact) mass is 351 g/mol. The second kappa shape index (κ2) is 8.39. The molecule has 2 aromatic rings. The number of fused-ring (bicyclic) bond motifs is 1. The summed E-state index contributed by atoms with van der Waals surface area (Å²) in [6.07, 6.45) is 5.10. The second-order valence-corrected chi connectivity index (χ2v) is 7.28. The Hall–Kier alpha value is -2.29. The van der Waals surface area contributed by atoms with Crippen molar-refractivity contribution < 1.29 is 9.53 Å². The van der Waals surface area contributed by atoms with Crippen molar-refractivity contribution in [1.82, 2.24) is 5.32 Å². The minimum Gasteiger partial charge on any atom is -0.481 e. The van der Waals surface area contributed by atoms with E-state index in [9.17, 15) is 4.79 Å². The molecular formula is C23H29NO2. The fourth-order valence-electron chi connectivity index (χ4n) is 3.55. The maximum absolute atomic E-state index is 12.6. The predicted molar refractivity (Wildman–Crippen MR) is 106 cm³/mol. The number of carbonyl (C=O) groups is 1. The molecule has 0 aliphatic heterocycles. The first-order valence-electron chi connectivity index (χ1n) is 9.72. The van der Waals surface area contributed by atoms with Gasteiger partial charge in [-0.3, -0.25) is 4.79 Å². The van der Waals surface area contributed by atoms with Crippen LogP contribution in [0, 0.1) is 6.92 Å². The SMILES string of the molecule is CC[C@H](NC(=O)[C@H](C)Oc1ccc2c(c1)CCCC2)c1ccc(C)cc1. The summed E-state index contributed by atoms with van der Waals surface area (Å²) in [5.74, 6) is 0.715. The summed E-state index contributed by atoms with van der Waals surface area (Å²) in [6.45, 7) is 5.97. The van der Waals surface area contributed by atoms with Crippen LogP contribution in [0.15, 0.2) is 42.5 Å². The zero-order valence-corrected chi connectivity index (χ0v) is 16.0. The average molecular weight is 351 g/mol. The minimum absolute atomic E-state index is 0.0117. The molecule has 0 unspecified atom stereocenters. The van der Waals surface area contributed by atoms with Gasteiger partial charge < -0.3 is 10.1 Å². The Balaban J connectivity index is 1.62. The summed E-state index contributed by atoms with van der Waals surface area (Å²) in [5, 5.41) is 3.12. The molecule has 138 valence electrons. The van der Waals surface area contributed by atoms with E-state index in [0.717, 1.165) is 30.6 Å². The molecule has 0 saturated carbocycles. The van der Waals surface area contributed by atoms with Crippen LogP contribution in [0.1, 0.15) is 61.4 Å². The normalized spacial score (nSPS) is 15.7. The summed E-state index contributed by atoms with van der Waals surface area (Å²) >= 11 is 0. The molecule has 3 nitrogen and oxygen atoms in total. The lowest BCUT2D eigenvalue weighted by atomic mass is 9.92. The molecule has 1 aliphatic rings. The molecule has 0 saturated heterocycles. The van der Waals surface area contributed by atoms with Gasteiger partial charge in [-0.25, -0.2) is 0 Å². The molecule has 0 fully saturated rings. The molecule has 3 rings (SSSR count). The van der Waals surface area contributed by atoms with E-state index in [1.54, 1.807) is 0 Å². The number of aryl methyl sites for hydroxylation is 3. The van der Waals surface area contributed by atoms with E-state index in [-0.39, 0.29) is 11.9 Å². The number of hydrogen-bond acceptors (Lipinski definition) is 2. The van der Waals surface area contributed by atoms with Gasteiger partial charge in [-0.2, -0.15) is 0 Å². The van der Waals surface area contributed by atoms with Crippen molar-refractivity contribution in [3.8, 4) is 5.75 Å². The van der Waals surface area contributed by atoms with Gasteiger partial charge in [0.1, 0.15) is 5.75 Å². The van der Waals surface area contributed by atoms with Crippen LogP contribution in [0.5, 0.6) is 5.75 Å². The van der Waals surface area contributed by atoms with Crippen molar-refractivity contribution in [2.24, 2.45) is 0 Å². The van der Waals surface area contributed by atoms with Gasteiger partial charge in [0.05, 0.1) is 6.04 Å². The van der Waals surface area contributed by atoms with Crippen molar-refractivity contribution in [3.05, 3.63) is 64.7 Å². The number of carbonyl (C=O) groups excluding carboxylic acids is 1.